The molecule has 3 fully saturated rings. The number of hydrogen-bond acceptors (Lipinski definition) is 13. The molecular weight excluding hydrogens is 1670 g/mol. The summed E-state index contributed by atoms with van der Waals surface area (Å²) in [6, 6.07) is 30.0. The fraction of sp³-hybridized carbons (Fsp3) is 0.511. The second-order valence-corrected chi connectivity index (χ2v) is 23.2. The molecule has 11 aliphatic rings. The molecule has 10 aliphatic heterocycles. The van der Waals surface area contributed by atoms with Gasteiger partial charge in [-0.05, 0) is 184 Å². The molecule has 3 saturated heterocycles. The summed E-state index contributed by atoms with van der Waals surface area (Å²) >= 11 is 0. The minimum atomic E-state index is -0.101. The number of hydrogen-bond donors (Lipinski definition) is 1. The van der Waals surface area contributed by atoms with Crippen LogP contribution < -0.4 is 15.1 Å². The Labute approximate surface area is 785 Å². The summed E-state index contributed by atoms with van der Waals surface area (Å²) in [7, 11) is 12.3. The number of anilines is 3. The Morgan fingerprint density at radius 3 is 1.40 bits per heavy atom. The van der Waals surface area contributed by atoms with Gasteiger partial charge >= 0.3 is 0 Å². The monoisotopic (exact) mass is 1830 g/mol. The number of likely N-dealkylation sites (N-methyl/N-ethyl adjacent to an activating group) is 2. The molecule has 0 spiro atoms. The average Bonchev–Trinajstić information content (AvgIpc) is 1.65. The van der Waals surface area contributed by atoms with Crippen molar-refractivity contribution in [3.63, 3.8) is 0 Å². The number of allylic oxidation sites excluding steroid dienone is 8. The predicted octanol–water partition coefficient (Wildman–Crippen LogP) is 25.7. The summed E-state index contributed by atoms with van der Waals surface area (Å²) in [5.74, 6) is 0.728. The molecule has 1 unspecified atom stereocenters. The Hall–Kier alpha value is -3.84. The topological polar surface area (TPSA) is 115 Å². The zero-order valence-corrected chi connectivity index (χ0v) is 85.7. The van der Waals surface area contributed by atoms with Crippen LogP contribution >= 0.6 is 0 Å². The molecule has 1 atom stereocenters. The van der Waals surface area contributed by atoms with Gasteiger partial charge in [-0.1, -0.05) is 245 Å². The van der Waals surface area contributed by atoms with Gasteiger partial charge in [-0.2, -0.15) is 0 Å². The van der Waals surface area contributed by atoms with Crippen LogP contribution in [0.25, 0.3) is 22.4 Å². The molecule has 15 rings (SSSR count). The van der Waals surface area contributed by atoms with E-state index in [0.717, 1.165) is 42.3 Å². The average molecular weight is 1830 g/mol. The first-order valence-electron chi connectivity index (χ1n) is 39.9. The van der Waals surface area contributed by atoms with E-state index in [2.05, 4.69) is 184 Å². The number of ketones is 2. The van der Waals surface area contributed by atoms with Crippen LogP contribution in [0.3, 0.4) is 0 Å². The molecule has 13 nitrogen and oxygen atoms in total. The molecule has 4 aromatic carbocycles. The zero-order valence-electron chi connectivity index (χ0n) is 74.3. The number of carbonyl (C=O) groups is 2. The molecule has 17 heteroatoms. The number of benzene rings is 4. The number of para-hydroxylation sites is 2. The molecule has 614 valence electrons. The molecule has 4 radical (unpaired) electrons. The van der Waals surface area contributed by atoms with Crippen molar-refractivity contribution in [3.05, 3.63) is 199 Å². The summed E-state index contributed by atoms with van der Waals surface area (Å²) < 4.78 is 0. The zero-order chi connectivity index (χ0) is 80.8. The second-order valence-electron chi connectivity index (χ2n) is 23.2. The van der Waals surface area contributed by atoms with E-state index in [9.17, 15) is 9.59 Å². The molecule has 1 aliphatic carbocycles. The summed E-state index contributed by atoms with van der Waals surface area (Å²) in [6.07, 6.45) is 28.8. The number of rotatable bonds is 0. The Morgan fingerprint density at radius 1 is 0.505 bits per heavy atom. The minimum absolute atomic E-state index is 0. The smallest absolute Gasteiger partial charge is 0.202 e. The van der Waals surface area contributed by atoms with Crippen molar-refractivity contribution in [3.8, 4) is 0 Å². The van der Waals surface area contributed by atoms with E-state index in [4.69, 9.17) is 0 Å². The third-order valence-electron chi connectivity index (χ3n) is 16.2. The van der Waals surface area contributed by atoms with E-state index >= 15 is 0 Å². The standard InChI is InChI=1S/C12H11N.2C11H11N.C10H9NO2.C6H11N.2C5H11N.C5H9N.C5H7N.C4H6N2.9C2H6.2CH4.4Y/c1-8-10-6-2-4-9-5-3-7-11(13-8)12(9)10;1-9-7-8-12(2)11-6-4-3-5-10(9)11;1-9-7-8-10-5-3-4-6-11(10)12(9)2;1-6-5-7-8(12)3-4-9(13)10(7)11(6)2;1-6-4-3-5-7(6)2;2*1-6-4-2-3-5-6;2*1-5-3-2-4-6-5;1-4-5-2-3-6-4;9*1-2;;;;;;/h2-8,13H,1H3;2*3-8H,1H2,2H3;3-4H,1,5H2,2H3;1,3-5H2,2H3;2*2-5H2,1H3;2-4H2,1H3;2,4H,3H2,1H3;2H,3H2,1H3;9*1-2H3;2*1H4;;;;. The van der Waals surface area contributed by atoms with Gasteiger partial charge in [0.05, 0.1) is 12.2 Å². The third kappa shape index (κ3) is 51.1. The van der Waals surface area contributed by atoms with Gasteiger partial charge in [0.15, 0.2) is 5.78 Å². The van der Waals surface area contributed by atoms with Gasteiger partial charge in [-0.15, -0.1) is 0 Å². The Bertz CT molecular complexity index is 3340. The van der Waals surface area contributed by atoms with Crippen LogP contribution in [0, 0.1) is 0 Å². The van der Waals surface area contributed by atoms with Crippen molar-refractivity contribution in [1.29, 1.82) is 0 Å². The maximum Gasteiger partial charge on any atom is 0.202 e. The van der Waals surface area contributed by atoms with E-state index in [0.29, 0.717) is 23.7 Å². The molecule has 0 saturated carbocycles. The van der Waals surface area contributed by atoms with Gasteiger partial charge in [0.25, 0.3) is 0 Å². The Kier molecular flexibility index (Phi) is 95.3. The van der Waals surface area contributed by atoms with Crippen molar-refractivity contribution in [2.24, 2.45) is 20.0 Å². The van der Waals surface area contributed by atoms with Gasteiger partial charge in [0.1, 0.15) is 5.84 Å². The first kappa shape index (κ1) is 128. The fourth-order valence-corrected chi connectivity index (χ4v) is 10.7. The Balaban J connectivity index is -0.000000126. The molecule has 4 aromatic rings. The van der Waals surface area contributed by atoms with Crippen LogP contribution in [0.4, 0.5) is 17.1 Å². The number of nitrogens with one attached hydrogen (secondary N) is 1. The largest absolute Gasteiger partial charge is 0.378 e. The molecule has 1 N–H and O–H groups in total. The van der Waals surface area contributed by atoms with E-state index in [-0.39, 0.29) is 157 Å². The molecule has 0 aromatic heterocycles. The van der Waals surface area contributed by atoms with Gasteiger partial charge in [-0.25, -0.2) is 4.99 Å². The minimum Gasteiger partial charge on any atom is -0.378 e. The van der Waals surface area contributed by atoms with Crippen LogP contribution in [0.2, 0.25) is 0 Å². The third-order valence-corrected chi connectivity index (χ3v) is 16.2. The fourth-order valence-electron chi connectivity index (χ4n) is 10.7. The number of nitrogens with zero attached hydrogens (tertiary/aromatic N) is 10. The number of aliphatic imine (C=N–C) groups is 4. The quantitative estimate of drug-likeness (QED) is 0.172. The van der Waals surface area contributed by atoms with E-state index in [1.165, 1.54) is 158 Å². The summed E-state index contributed by atoms with van der Waals surface area (Å²) in [5.41, 5.74) is 15.5. The van der Waals surface area contributed by atoms with Crippen molar-refractivity contribution in [2.45, 2.75) is 237 Å². The summed E-state index contributed by atoms with van der Waals surface area (Å²) in [5, 5.41) is 6.21. The van der Waals surface area contributed by atoms with E-state index < -0.39 is 0 Å². The molecule has 0 amide bonds. The van der Waals surface area contributed by atoms with Crippen molar-refractivity contribution in [1.82, 2.24) is 19.6 Å². The van der Waals surface area contributed by atoms with Crippen LogP contribution in [0.5, 0.6) is 0 Å². The SMILES string of the molecule is C.C.C=C1C=CN(C)c2ccccc21.C=C1C=Cc2ccccc2N1C.C=C1CC2=C(C(=O)C=CC2=O)N1C.C=C1CCCN1C.CC.CC.CC.CC.CC.CC.CC.CC.CC.CC1=NC=CC1.CC1=NCC=N1.CC1=NCCC1.CC1Nc2cccc3cccc1c23.CN1CCCC1.CN1CCCC1.[Y].[Y].[Y].[Y]. The number of fused-ring (bicyclic) bond motifs is 2. The maximum absolute atomic E-state index is 11.4. The van der Waals surface area contributed by atoms with Gasteiger partial charge in [-0.3, -0.25) is 24.6 Å². The number of likely N-dealkylation sites (tertiary alicyclic amines) is 3. The van der Waals surface area contributed by atoms with Crippen molar-refractivity contribution < 1.29 is 140 Å². The van der Waals surface area contributed by atoms with Crippen molar-refractivity contribution >= 4 is 74.5 Å². The molecular formula is C94H159N11O2Y4. The van der Waals surface area contributed by atoms with Crippen LogP contribution in [0.15, 0.2) is 202 Å². The van der Waals surface area contributed by atoms with Crippen LogP contribution in [0.1, 0.15) is 254 Å². The second kappa shape index (κ2) is 82.7. The van der Waals surface area contributed by atoms with Crippen LogP contribution in [-0.4, -0.2) is 143 Å². The summed E-state index contributed by atoms with van der Waals surface area (Å²) in [4.78, 5) is 51.5. The number of carbonyl (C=O) groups excluding carboxylic acids is 2. The first-order chi connectivity index (χ1) is 50.8. The Morgan fingerprint density at radius 2 is 1.02 bits per heavy atom. The van der Waals surface area contributed by atoms with Gasteiger partial charge in [0, 0.05) is 272 Å². The first-order valence-corrected chi connectivity index (χ1v) is 39.9. The molecule has 111 heavy (non-hydrogen) atoms. The van der Waals surface area contributed by atoms with Gasteiger partial charge < -0.3 is 34.7 Å². The molecule has 0 bridgehead atoms. The summed E-state index contributed by atoms with van der Waals surface area (Å²) in [6.45, 7) is 68.1. The maximum atomic E-state index is 11.4. The van der Waals surface area contributed by atoms with Crippen molar-refractivity contribution in [2.75, 3.05) is 103 Å². The number of amidine groups is 1. The predicted molar refractivity (Wildman–Crippen MR) is 490 cm³/mol. The van der Waals surface area contributed by atoms with Crippen LogP contribution in [-0.2, 0) is 140 Å². The van der Waals surface area contributed by atoms with E-state index in [1.807, 2.05) is 201 Å². The van der Waals surface area contributed by atoms with E-state index in [1.54, 1.807) is 18.2 Å². The van der Waals surface area contributed by atoms with Gasteiger partial charge in [0.2, 0.25) is 5.78 Å². The normalized spacial score (nSPS) is 15.7. The molecule has 10 heterocycles.